The normalized spacial score (nSPS) is 24.1. The Morgan fingerprint density at radius 3 is 2.54 bits per heavy atom. The van der Waals surface area contributed by atoms with Crippen LogP contribution in [0.25, 0.3) is 0 Å². The molecule has 0 saturated heterocycles. The molecule has 1 atom stereocenters. The Bertz CT molecular complexity index is 649. The molecular weight excluding hydrogens is 302 g/mol. The highest BCUT2D eigenvalue weighted by molar-refractivity contribution is 5.77. The Labute approximate surface area is 144 Å². The van der Waals surface area contributed by atoms with Gasteiger partial charge >= 0.3 is 0 Å². The van der Waals surface area contributed by atoms with Gasteiger partial charge in [0.2, 0.25) is 5.91 Å². The molecule has 1 fully saturated rings. The van der Waals surface area contributed by atoms with Gasteiger partial charge in [-0.1, -0.05) is 19.8 Å². The van der Waals surface area contributed by atoms with Crippen molar-refractivity contribution in [2.24, 2.45) is 0 Å². The molecule has 4 nitrogen and oxygen atoms in total. The number of hydrogen-bond donors (Lipinski definition) is 0. The third-order valence-electron chi connectivity index (χ3n) is 6.02. The summed E-state index contributed by atoms with van der Waals surface area (Å²) in [6.45, 7) is 6.32. The molecule has 0 N–H and O–H groups in total. The third-order valence-corrected chi connectivity index (χ3v) is 6.02. The molecule has 1 spiro atoms. The lowest BCUT2D eigenvalue weighted by atomic mass is 9.71. The number of nitrogens with zero attached hydrogens (tertiary/aromatic N) is 1. The molecule has 1 unspecified atom stereocenters. The van der Waals surface area contributed by atoms with Crippen LogP contribution in [0.1, 0.15) is 69.5 Å². The van der Waals surface area contributed by atoms with E-state index in [1.807, 2.05) is 0 Å². The Balaban J connectivity index is 1.81. The summed E-state index contributed by atoms with van der Waals surface area (Å²) in [7, 11) is 0. The molecule has 1 amide bonds. The smallest absolute Gasteiger partial charge is 0.223 e. The zero-order chi connectivity index (χ0) is 16.7. The number of rotatable bonds is 2. The van der Waals surface area contributed by atoms with E-state index in [1.165, 1.54) is 36.8 Å². The van der Waals surface area contributed by atoms with E-state index in [1.54, 1.807) is 0 Å². The summed E-state index contributed by atoms with van der Waals surface area (Å²) < 4.78 is 11.6. The molecule has 0 bridgehead atoms. The van der Waals surface area contributed by atoms with Crippen LogP contribution in [0, 0.1) is 0 Å². The lowest BCUT2D eigenvalue weighted by molar-refractivity contribution is -0.135. The molecule has 130 valence electrons. The lowest BCUT2D eigenvalue weighted by Crippen LogP contribution is -2.48. The van der Waals surface area contributed by atoms with E-state index < -0.39 is 0 Å². The number of amides is 1. The van der Waals surface area contributed by atoms with Crippen molar-refractivity contribution in [2.75, 3.05) is 19.8 Å². The number of fused-ring (bicyclic) bond motifs is 3. The maximum atomic E-state index is 12.7. The van der Waals surface area contributed by atoms with Crippen molar-refractivity contribution in [2.45, 2.75) is 63.8 Å². The van der Waals surface area contributed by atoms with Crippen LogP contribution in [-0.2, 0) is 10.2 Å². The Kier molecular flexibility index (Phi) is 3.93. The summed E-state index contributed by atoms with van der Waals surface area (Å²) in [5, 5.41) is 0. The molecule has 24 heavy (non-hydrogen) atoms. The molecule has 1 aliphatic carbocycles. The number of benzene rings is 1. The first-order chi connectivity index (χ1) is 11.6. The van der Waals surface area contributed by atoms with Gasteiger partial charge in [0.1, 0.15) is 13.2 Å². The first-order valence-electron chi connectivity index (χ1n) is 9.38. The molecule has 1 saturated carbocycles. The zero-order valence-electron chi connectivity index (χ0n) is 14.8. The third kappa shape index (κ3) is 2.38. The van der Waals surface area contributed by atoms with Crippen LogP contribution in [-0.4, -0.2) is 30.6 Å². The van der Waals surface area contributed by atoms with Crippen LogP contribution in [0.15, 0.2) is 12.1 Å². The Hall–Kier alpha value is -1.71. The Morgan fingerprint density at radius 1 is 1.21 bits per heavy atom. The zero-order valence-corrected chi connectivity index (χ0v) is 14.8. The predicted molar refractivity (Wildman–Crippen MR) is 92.6 cm³/mol. The van der Waals surface area contributed by atoms with Gasteiger partial charge in [-0.15, -0.1) is 0 Å². The van der Waals surface area contributed by atoms with Gasteiger partial charge in [0.05, 0.1) is 6.04 Å². The van der Waals surface area contributed by atoms with Gasteiger partial charge in [-0.2, -0.15) is 0 Å². The molecule has 0 radical (unpaired) electrons. The summed E-state index contributed by atoms with van der Waals surface area (Å²) in [6.07, 6.45) is 6.38. The monoisotopic (exact) mass is 329 g/mol. The second-order valence-electron chi connectivity index (χ2n) is 7.52. The molecular formula is C20H27NO3. The molecule has 2 aliphatic heterocycles. The highest BCUT2D eigenvalue weighted by Crippen LogP contribution is 2.51. The van der Waals surface area contributed by atoms with Crippen molar-refractivity contribution in [1.82, 2.24) is 4.90 Å². The van der Waals surface area contributed by atoms with Crippen LogP contribution >= 0.6 is 0 Å². The quantitative estimate of drug-likeness (QED) is 0.824. The first-order valence-corrected chi connectivity index (χ1v) is 9.38. The van der Waals surface area contributed by atoms with Crippen LogP contribution < -0.4 is 9.47 Å². The van der Waals surface area contributed by atoms with E-state index in [9.17, 15) is 4.79 Å². The number of ether oxygens (including phenoxy) is 2. The minimum Gasteiger partial charge on any atom is -0.486 e. The molecule has 3 aliphatic rings. The van der Waals surface area contributed by atoms with Gasteiger partial charge < -0.3 is 14.4 Å². The maximum Gasteiger partial charge on any atom is 0.223 e. The standard InChI is InChI=1S/C20H27NO3/c1-3-6-19(22)21-13-20(7-4-5-8-20)16-12-18-17(23-9-10-24-18)11-15(16)14(21)2/h11-12,14H,3-10,13H2,1-2H3. The summed E-state index contributed by atoms with van der Waals surface area (Å²) in [5.41, 5.74) is 2.77. The molecule has 2 heterocycles. The van der Waals surface area contributed by atoms with Gasteiger partial charge in [-0.3, -0.25) is 4.79 Å². The average Bonchev–Trinajstić information content (AvgIpc) is 3.06. The maximum absolute atomic E-state index is 12.7. The topological polar surface area (TPSA) is 38.8 Å². The lowest BCUT2D eigenvalue weighted by Gasteiger charge is -2.46. The van der Waals surface area contributed by atoms with Gasteiger partial charge in [-0.05, 0) is 49.4 Å². The highest BCUT2D eigenvalue weighted by Gasteiger charge is 2.46. The fourth-order valence-electron chi connectivity index (χ4n) is 4.77. The number of carbonyl (C=O) groups excluding carboxylic acids is 1. The van der Waals surface area contributed by atoms with E-state index in [0.29, 0.717) is 19.6 Å². The Morgan fingerprint density at radius 2 is 1.88 bits per heavy atom. The van der Waals surface area contributed by atoms with Gasteiger partial charge in [0.15, 0.2) is 11.5 Å². The molecule has 1 aromatic rings. The SMILES string of the molecule is CCCC(=O)N1CC2(CCCC2)c2cc3c(cc2C1C)OCCO3. The van der Waals surface area contributed by atoms with E-state index in [4.69, 9.17) is 9.47 Å². The summed E-state index contributed by atoms with van der Waals surface area (Å²) in [6, 6.07) is 4.47. The van der Waals surface area contributed by atoms with Crippen LogP contribution in [0.4, 0.5) is 0 Å². The van der Waals surface area contributed by atoms with Gasteiger partial charge in [-0.25, -0.2) is 0 Å². The van der Waals surface area contributed by atoms with Crippen molar-refractivity contribution in [1.29, 1.82) is 0 Å². The van der Waals surface area contributed by atoms with E-state index in [-0.39, 0.29) is 17.4 Å². The number of hydrogen-bond acceptors (Lipinski definition) is 3. The number of carbonyl (C=O) groups is 1. The average molecular weight is 329 g/mol. The van der Waals surface area contributed by atoms with Crippen LogP contribution in [0.2, 0.25) is 0 Å². The second kappa shape index (κ2) is 5.98. The van der Waals surface area contributed by atoms with Crippen LogP contribution in [0.3, 0.4) is 0 Å². The van der Waals surface area contributed by atoms with Crippen molar-refractivity contribution >= 4 is 5.91 Å². The minimum atomic E-state index is 0.112. The van der Waals surface area contributed by atoms with E-state index >= 15 is 0 Å². The molecule has 4 heteroatoms. The van der Waals surface area contributed by atoms with E-state index in [2.05, 4.69) is 30.9 Å². The summed E-state index contributed by atoms with van der Waals surface area (Å²) in [5.74, 6) is 2.01. The second-order valence-corrected chi connectivity index (χ2v) is 7.52. The molecule has 4 rings (SSSR count). The molecule has 1 aromatic carbocycles. The van der Waals surface area contributed by atoms with Crippen molar-refractivity contribution < 1.29 is 14.3 Å². The fraction of sp³-hybridized carbons (Fsp3) is 0.650. The van der Waals surface area contributed by atoms with Crippen LogP contribution in [0.5, 0.6) is 11.5 Å². The van der Waals surface area contributed by atoms with Crippen molar-refractivity contribution in [3.63, 3.8) is 0 Å². The fourth-order valence-corrected chi connectivity index (χ4v) is 4.77. The first kappa shape index (κ1) is 15.8. The van der Waals surface area contributed by atoms with Gasteiger partial charge in [0.25, 0.3) is 0 Å². The van der Waals surface area contributed by atoms with Crippen molar-refractivity contribution in [3.8, 4) is 11.5 Å². The largest absolute Gasteiger partial charge is 0.486 e. The van der Waals surface area contributed by atoms with Crippen molar-refractivity contribution in [3.05, 3.63) is 23.3 Å². The highest BCUT2D eigenvalue weighted by atomic mass is 16.6. The molecule has 0 aromatic heterocycles. The summed E-state index contributed by atoms with van der Waals surface area (Å²) >= 11 is 0. The van der Waals surface area contributed by atoms with E-state index in [0.717, 1.165) is 24.5 Å². The summed E-state index contributed by atoms with van der Waals surface area (Å²) in [4.78, 5) is 14.8. The van der Waals surface area contributed by atoms with Gasteiger partial charge in [0, 0.05) is 18.4 Å². The minimum absolute atomic E-state index is 0.112. The predicted octanol–water partition coefficient (Wildman–Crippen LogP) is 3.97.